The number of nitrogens with zero attached hydrogens (tertiary/aromatic N) is 1. The molecule has 0 spiro atoms. The number of benzene rings is 1. The number of hydrogen-bond acceptors (Lipinski definition) is 3. The molecule has 0 amide bonds. The van der Waals surface area contributed by atoms with Crippen LogP contribution in [0.15, 0.2) is 24.3 Å². The van der Waals surface area contributed by atoms with Crippen LogP contribution in [0.1, 0.15) is 19.8 Å². The highest BCUT2D eigenvalue weighted by Crippen LogP contribution is 2.29. The quantitative estimate of drug-likeness (QED) is 0.791. The molecule has 1 aromatic carbocycles. The molecule has 1 aromatic rings. The summed E-state index contributed by atoms with van der Waals surface area (Å²) in [7, 11) is 0. The minimum atomic E-state index is 0.829. The molecule has 0 saturated heterocycles. The van der Waals surface area contributed by atoms with E-state index in [1.54, 1.807) is 0 Å². The van der Waals surface area contributed by atoms with E-state index >= 15 is 0 Å². The Labute approximate surface area is 104 Å². The molecule has 17 heavy (non-hydrogen) atoms. The third-order valence-electron chi connectivity index (χ3n) is 3.02. The molecule has 0 aliphatic carbocycles. The molecule has 0 fully saturated rings. The zero-order valence-electron chi connectivity index (χ0n) is 10.6. The van der Waals surface area contributed by atoms with Gasteiger partial charge < -0.3 is 15.0 Å². The van der Waals surface area contributed by atoms with Crippen LogP contribution in [0.2, 0.25) is 0 Å². The molecule has 1 aliphatic rings. The van der Waals surface area contributed by atoms with E-state index in [0.717, 1.165) is 45.0 Å². The summed E-state index contributed by atoms with van der Waals surface area (Å²) in [5.41, 5.74) is 1.24. The first-order valence-electron chi connectivity index (χ1n) is 6.59. The number of ether oxygens (including phenoxy) is 1. The van der Waals surface area contributed by atoms with Gasteiger partial charge in [0.1, 0.15) is 5.75 Å². The summed E-state index contributed by atoms with van der Waals surface area (Å²) in [6.07, 6.45) is 2.29. The molecule has 0 radical (unpaired) electrons. The van der Waals surface area contributed by atoms with Crippen LogP contribution in [0.25, 0.3) is 0 Å². The SMILES string of the molecule is CCCNCCN1CCCOc2ccccc21. The average molecular weight is 234 g/mol. The first-order valence-corrected chi connectivity index (χ1v) is 6.59. The lowest BCUT2D eigenvalue weighted by molar-refractivity contribution is 0.322. The molecule has 0 unspecified atom stereocenters. The highest BCUT2D eigenvalue weighted by atomic mass is 16.5. The lowest BCUT2D eigenvalue weighted by Gasteiger charge is -2.23. The molecule has 1 N–H and O–H groups in total. The highest BCUT2D eigenvalue weighted by Gasteiger charge is 2.14. The molecular weight excluding hydrogens is 212 g/mol. The third kappa shape index (κ3) is 3.37. The lowest BCUT2D eigenvalue weighted by Crippen LogP contribution is -2.32. The molecule has 3 nitrogen and oxygen atoms in total. The molecule has 0 saturated carbocycles. The summed E-state index contributed by atoms with van der Waals surface area (Å²) in [5.74, 6) is 1.03. The summed E-state index contributed by atoms with van der Waals surface area (Å²) in [6.45, 7) is 7.32. The van der Waals surface area contributed by atoms with Crippen LogP contribution in [0.3, 0.4) is 0 Å². The summed E-state index contributed by atoms with van der Waals surface area (Å²) in [6, 6.07) is 8.34. The maximum Gasteiger partial charge on any atom is 0.142 e. The van der Waals surface area contributed by atoms with Crippen molar-refractivity contribution in [2.45, 2.75) is 19.8 Å². The fourth-order valence-corrected chi connectivity index (χ4v) is 2.15. The van der Waals surface area contributed by atoms with E-state index < -0.39 is 0 Å². The standard InChI is InChI=1S/C14H22N2O/c1-2-8-15-9-11-16-10-5-12-17-14-7-4-3-6-13(14)16/h3-4,6-7,15H,2,5,8-12H2,1H3. The Balaban J connectivity index is 1.97. The average Bonchev–Trinajstić information content (AvgIpc) is 2.57. The van der Waals surface area contributed by atoms with Gasteiger partial charge in [0.2, 0.25) is 0 Å². The maximum atomic E-state index is 5.74. The van der Waals surface area contributed by atoms with E-state index in [-0.39, 0.29) is 0 Å². The number of rotatable bonds is 5. The fourth-order valence-electron chi connectivity index (χ4n) is 2.15. The topological polar surface area (TPSA) is 24.5 Å². The normalized spacial score (nSPS) is 15.0. The van der Waals surface area contributed by atoms with Crippen LogP contribution in [0.4, 0.5) is 5.69 Å². The largest absolute Gasteiger partial charge is 0.491 e. The third-order valence-corrected chi connectivity index (χ3v) is 3.02. The Hall–Kier alpha value is -1.22. The van der Waals surface area contributed by atoms with Gasteiger partial charge in [-0.3, -0.25) is 0 Å². The monoisotopic (exact) mass is 234 g/mol. The van der Waals surface area contributed by atoms with Crippen molar-refractivity contribution in [1.29, 1.82) is 0 Å². The van der Waals surface area contributed by atoms with Crippen LogP contribution in [0, 0.1) is 0 Å². The van der Waals surface area contributed by atoms with E-state index in [1.807, 2.05) is 6.07 Å². The van der Waals surface area contributed by atoms with Crippen molar-refractivity contribution >= 4 is 5.69 Å². The maximum absolute atomic E-state index is 5.74. The number of nitrogens with one attached hydrogen (secondary N) is 1. The lowest BCUT2D eigenvalue weighted by atomic mass is 10.2. The van der Waals surface area contributed by atoms with Crippen LogP contribution < -0.4 is 15.0 Å². The Morgan fingerprint density at radius 1 is 1.29 bits per heavy atom. The van der Waals surface area contributed by atoms with Gasteiger partial charge in [-0.2, -0.15) is 0 Å². The number of anilines is 1. The van der Waals surface area contributed by atoms with Gasteiger partial charge in [-0.15, -0.1) is 0 Å². The molecule has 1 aliphatic heterocycles. The second kappa shape index (κ2) is 6.50. The predicted octanol–water partition coefficient (Wildman–Crippen LogP) is 2.28. The van der Waals surface area contributed by atoms with Gasteiger partial charge in [0.15, 0.2) is 0 Å². The van der Waals surface area contributed by atoms with Gasteiger partial charge in [-0.05, 0) is 31.5 Å². The molecule has 94 valence electrons. The van der Waals surface area contributed by atoms with Crippen LogP contribution >= 0.6 is 0 Å². The van der Waals surface area contributed by atoms with Crippen molar-refractivity contribution in [3.8, 4) is 5.75 Å². The molecule has 0 atom stereocenters. The zero-order valence-corrected chi connectivity index (χ0v) is 10.6. The first-order chi connectivity index (χ1) is 8.42. The molecular formula is C14H22N2O. The predicted molar refractivity (Wildman–Crippen MR) is 71.9 cm³/mol. The van der Waals surface area contributed by atoms with Gasteiger partial charge in [-0.1, -0.05) is 19.1 Å². The second-order valence-electron chi connectivity index (χ2n) is 4.41. The summed E-state index contributed by atoms with van der Waals surface area (Å²) in [4.78, 5) is 2.42. The fraction of sp³-hybridized carbons (Fsp3) is 0.571. The summed E-state index contributed by atoms with van der Waals surface area (Å²) >= 11 is 0. The van der Waals surface area contributed by atoms with Gasteiger partial charge in [0, 0.05) is 19.6 Å². The molecule has 3 heteroatoms. The summed E-state index contributed by atoms with van der Waals surface area (Å²) in [5, 5.41) is 3.45. The molecule has 0 bridgehead atoms. The van der Waals surface area contributed by atoms with Crippen molar-refractivity contribution in [3.63, 3.8) is 0 Å². The summed E-state index contributed by atoms with van der Waals surface area (Å²) < 4.78 is 5.74. The van der Waals surface area contributed by atoms with E-state index in [1.165, 1.54) is 12.1 Å². The Kier molecular flexibility index (Phi) is 4.68. The number of hydrogen-bond donors (Lipinski definition) is 1. The first kappa shape index (κ1) is 12.2. The Bertz CT molecular complexity index is 341. The minimum Gasteiger partial charge on any atom is -0.491 e. The molecule has 0 aromatic heterocycles. The van der Waals surface area contributed by atoms with Crippen LogP contribution in [0.5, 0.6) is 5.75 Å². The van der Waals surface area contributed by atoms with Crippen molar-refractivity contribution in [3.05, 3.63) is 24.3 Å². The van der Waals surface area contributed by atoms with E-state index in [2.05, 4.69) is 35.3 Å². The van der Waals surface area contributed by atoms with Gasteiger partial charge in [0.25, 0.3) is 0 Å². The molecule has 2 rings (SSSR count). The van der Waals surface area contributed by atoms with E-state index in [9.17, 15) is 0 Å². The van der Waals surface area contributed by atoms with Crippen LogP contribution in [-0.2, 0) is 0 Å². The molecule has 1 heterocycles. The van der Waals surface area contributed by atoms with Crippen molar-refractivity contribution in [1.82, 2.24) is 5.32 Å². The van der Waals surface area contributed by atoms with E-state index in [4.69, 9.17) is 4.74 Å². The smallest absolute Gasteiger partial charge is 0.142 e. The number of para-hydroxylation sites is 2. The van der Waals surface area contributed by atoms with Gasteiger partial charge in [0.05, 0.1) is 12.3 Å². The van der Waals surface area contributed by atoms with Crippen LogP contribution in [-0.4, -0.2) is 32.8 Å². The second-order valence-corrected chi connectivity index (χ2v) is 4.41. The van der Waals surface area contributed by atoms with Gasteiger partial charge in [-0.25, -0.2) is 0 Å². The van der Waals surface area contributed by atoms with Crippen molar-refractivity contribution in [2.75, 3.05) is 37.7 Å². The highest BCUT2D eigenvalue weighted by molar-refractivity contribution is 5.58. The van der Waals surface area contributed by atoms with Crippen molar-refractivity contribution in [2.24, 2.45) is 0 Å². The Morgan fingerprint density at radius 3 is 3.06 bits per heavy atom. The van der Waals surface area contributed by atoms with Gasteiger partial charge >= 0.3 is 0 Å². The van der Waals surface area contributed by atoms with Crippen molar-refractivity contribution < 1.29 is 4.74 Å². The number of fused-ring (bicyclic) bond motifs is 1. The Morgan fingerprint density at radius 2 is 2.18 bits per heavy atom. The van der Waals surface area contributed by atoms with E-state index in [0.29, 0.717) is 0 Å². The minimum absolute atomic E-state index is 0.829. The zero-order chi connectivity index (χ0) is 11.9.